The number of halogens is 2. The normalized spacial score (nSPS) is 26.2. The van der Waals surface area contributed by atoms with Gasteiger partial charge in [-0.3, -0.25) is 9.88 Å². The standard InChI is InChI=1S/C15H20F2N2O/c1-11-2-3-13(12-4-7-20-9-12)14(18-11)8-19-6-5-15(16,17)10-19/h2-3,12H,4-10H2,1H3/t12-/m0/s1. The zero-order chi connectivity index (χ0) is 14.2. The Morgan fingerprint density at radius 1 is 1.45 bits per heavy atom. The van der Waals surface area contributed by atoms with Crippen molar-refractivity contribution in [3.8, 4) is 0 Å². The number of rotatable bonds is 3. The molecule has 1 aromatic heterocycles. The van der Waals surface area contributed by atoms with E-state index in [1.54, 1.807) is 4.90 Å². The minimum Gasteiger partial charge on any atom is -0.381 e. The van der Waals surface area contributed by atoms with E-state index in [4.69, 9.17) is 4.74 Å². The highest BCUT2D eigenvalue weighted by Crippen LogP contribution is 2.31. The number of hydrogen-bond acceptors (Lipinski definition) is 3. The molecule has 0 bridgehead atoms. The number of aryl methyl sites for hydroxylation is 1. The molecule has 3 nitrogen and oxygen atoms in total. The molecule has 0 aromatic carbocycles. The molecule has 2 aliphatic heterocycles. The minimum atomic E-state index is -2.54. The van der Waals surface area contributed by atoms with Crippen LogP contribution in [0.15, 0.2) is 12.1 Å². The molecular weight excluding hydrogens is 262 g/mol. The Bertz CT molecular complexity index is 487. The summed E-state index contributed by atoms with van der Waals surface area (Å²) in [7, 11) is 0. The maximum absolute atomic E-state index is 13.3. The Kier molecular flexibility index (Phi) is 3.73. The Morgan fingerprint density at radius 2 is 2.30 bits per heavy atom. The van der Waals surface area contributed by atoms with Gasteiger partial charge in [-0.05, 0) is 25.0 Å². The second kappa shape index (κ2) is 5.37. The largest absolute Gasteiger partial charge is 0.381 e. The maximum atomic E-state index is 13.3. The van der Waals surface area contributed by atoms with Crippen LogP contribution in [0.4, 0.5) is 8.78 Å². The molecule has 110 valence electrons. The van der Waals surface area contributed by atoms with E-state index in [2.05, 4.69) is 11.1 Å². The molecule has 5 heteroatoms. The van der Waals surface area contributed by atoms with Crippen LogP contribution < -0.4 is 0 Å². The molecule has 3 rings (SSSR count). The molecule has 1 aromatic rings. The van der Waals surface area contributed by atoms with Gasteiger partial charge in [0, 0.05) is 37.7 Å². The molecule has 0 spiro atoms. The molecule has 2 aliphatic rings. The summed E-state index contributed by atoms with van der Waals surface area (Å²) in [6.45, 7) is 4.25. The molecule has 0 saturated carbocycles. The third kappa shape index (κ3) is 2.99. The summed E-state index contributed by atoms with van der Waals surface area (Å²) >= 11 is 0. The number of nitrogens with zero attached hydrogens (tertiary/aromatic N) is 2. The van der Waals surface area contributed by atoms with Crippen molar-refractivity contribution in [1.29, 1.82) is 0 Å². The Morgan fingerprint density at radius 3 is 2.95 bits per heavy atom. The van der Waals surface area contributed by atoms with Crippen LogP contribution in [0, 0.1) is 6.92 Å². The Hall–Kier alpha value is -1.07. The molecule has 20 heavy (non-hydrogen) atoms. The first-order valence-corrected chi connectivity index (χ1v) is 7.18. The molecule has 2 fully saturated rings. The highest BCUT2D eigenvalue weighted by Gasteiger charge is 2.38. The lowest BCUT2D eigenvalue weighted by Crippen LogP contribution is -2.26. The Labute approximate surface area is 117 Å². The summed E-state index contributed by atoms with van der Waals surface area (Å²) in [6.07, 6.45) is 0.953. The molecule has 1 atom stereocenters. The molecule has 2 saturated heterocycles. The van der Waals surface area contributed by atoms with Crippen LogP contribution in [0.2, 0.25) is 0 Å². The average Bonchev–Trinajstić information content (AvgIpc) is 2.99. The van der Waals surface area contributed by atoms with Crippen LogP contribution in [0.5, 0.6) is 0 Å². The van der Waals surface area contributed by atoms with Crippen LogP contribution in [-0.2, 0) is 11.3 Å². The van der Waals surface area contributed by atoms with Gasteiger partial charge >= 0.3 is 0 Å². The lowest BCUT2D eigenvalue weighted by Gasteiger charge is -2.19. The van der Waals surface area contributed by atoms with Gasteiger partial charge in [0.25, 0.3) is 5.92 Å². The fourth-order valence-electron chi connectivity index (χ4n) is 3.05. The molecule has 0 unspecified atom stereocenters. The van der Waals surface area contributed by atoms with Gasteiger partial charge < -0.3 is 4.74 Å². The summed E-state index contributed by atoms with van der Waals surface area (Å²) in [5.41, 5.74) is 3.05. The molecule has 0 N–H and O–H groups in total. The summed E-state index contributed by atoms with van der Waals surface area (Å²) in [4.78, 5) is 6.39. The van der Waals surface area contributed by atoms with Gasteiger partial charge in [-0.25, -0.2) is 8.78 Å². The van der Waals surface area contributed by atoms with Crippen molar-refractivity contribution in [2.24, 2.45) is 0 Å². The van der Waals surface area contributed by atoms with Crippen LogP contribution >= 0.6 is 0 Å². The highest BCUT2D eigenvalue weighted by molar-refractivity contribution is 5.27. The molecule has 3 heterocycles. The first-order valence-electron chi connectivity index (χ1n) is 7.18. The zero-order valence-electron chi connectivity index (χ0n) is 11.7. The summed E-state index contributed by atoms with van der Waals surface area (Å²) in [5, 5.41) is 0. The van der Waals surface area contributed by atoms with Crippen molar-refractivity contribution in [2.75, 3.05) is 26.3 Å². The summed E-state index contributed by atoms with van der Waals surface area (Å²) < 4.78 is 32.0. The zero-order valence-corrected chi connectivity index (χ0v) is 11.7. The van der Waals surface area contributed by atoms with Crippen molar-refractivity contribution in [3.63, 3.8) is 0 Å². The second-order valence-corrected chi connectivity index (χ2v) is 5.87. The number of alkyl halides is 2. The molecule has 0 aliphatic carbocycles. The van der Waals surface area contributed by atoms with Crippen LogP contribution in [0.1, 0.15) is 35.7 Å². The molecule has 0 radical (unpaired) electrons. The fraction of sp³-hybridized carbons (Fsp3) is 0.667. The summed E-state index contributed by atoms with van der Waals surface area (Å²) in [6, 6.07) is 4.08. The highest BCUT2D eigenvalue weighted by atomic mass is 19.3. The smallest absolute Gasteiger partial charge is 0.261 e. The van der Waals surface area contributed by atoms with E-state index < -0.39 is 5.92 Å². The second-order valence-electron chi connectivity index (χ2n) is 5.87. The molecule has 0 amide bonds. The number of hydrogen-bond donors (Lipinski definition) is 0. The number of pyridine rings is 1. The van der Waals surface area contributed by atoms with Gasteiger partial charge in [0.05, 0.1) is 18.8 Å². The van der Waals surface area contributed by atoms with E-state index in [9.17, 15) is 8.78 Å². The van der Waals surface area contributed by atoms with Crippen molar-refractivity contribution >= 4 is 0 Å². The number of likely N-dealkylation sites (tertiary alicyclic amines) is 1. The van der Waals surface area contributed by atoms with E-state index >= 15 is 0 Å². The third-order valence-electron chi connectivity index (χ3n) is 4.14. The van der Waals surface area contributed by atoms with Crippen LogP contribution in [0.3, 0.4) is 0 Å². The molecular formula is C15H20F2N2O. The predicted molar refractivity (Wildman–Crippen MR) is 72.0 cm³/mol. The third-order valence-corrected chi connectivity index (χ3v) is 4.14. The van der Waals surface area contributed by atoms with E-state index in [0.717, 1.165) is 24.4 Å². The van der Waals surface area contributed by atoms with E-state index in [1.165, 1.54) is 5.56 Å². The van der Waals surface area contributed by atoms with Gasteiger partial charge in [0.15, 0.2) is 0 Å². The van der Waals surface area contributed by atoms with Crippen molar-refractivity contribution < 1.29 is 13.5 Å². The maximum Gasteiger partial charge on any atom is 0.261 e. The monoisotopic (exact) mass is 282 g/mol. The quantitative estimate of drug-likeness (QED) is 0.852. The average molecular weight is 282 g/mol. The van der Waals surface area contributed by atoms with E-state index in [0.29, 0.717) is 25.6 Å². The van der Waals surface area contributed by atoms with Gasteiger partial charge in [-0.1, -0.05) is 6.07 Å². The summed E-state index contributed by atoms with van der Waals surface area (Å²) in [5.74, 6) is -2.18. The van der Waals surface area contributed by atoms with Gasteiger partial charge in [-0.15, -0.1) is 0 Å². The van der Waals surface area contributed by atoms with Crippen molar-refractivity contribution in [3.05, 3.63) is 29.1 Å². The lowest BCUT2D eigenvalue weighted by molar-refractivity contribution is 0.0113. The van der Waals surface area contributed by atoms with Crippen LogP contribution in [-0.4, -0.2) is 42.1 Å². The predicted octanol–water partition coefficient (Wildman–Crippen LogP) is 2.73. The van der Waals surface area contributed by atoms with Gasteiger partial charge in [0.2, 0.25) is 0 Å². The number of aromatic nitrogens is 1. The first-order chi connectivity index (χ1) is 9.53. The van der Waals surface area contributed by atoms with Gasteiger partial charge in [0.1, 0.15) is 0 Å². The van der Waals surface area contributed by atoms with Crippen LogP contribution in [0.25, 0.3) is 0 Å². The van der Waals surface area contributed by atoms with Crippen molar-refractivity contribution in [2.45, 2.75) is 38.2 Å². The number of ether oxygens (including phenoxy) is 1. The SMILES string of the molecule is Cc1ccc([C@H]2CCOC2)c(CN2CCC(F)(F)C2)n1. The van der Waals surface area contributed by atoms with Crippen molar-refractivity contribution in [1.82, 2.24) is 9.88 Å². The van der Waals surface area contributed by atoms with Gasteiger partial charge in [-0.2, -0.15) is 0 Å². The lowest BCUT2D eigenvalue weighted by atomic mass is 9.96. The van der Waals surface area contributed by atoms with E-state index in [-0.39, 0.29) is 13.0 Å². The fourth-order valence-corrected chi connectivity index (χ4v) is 3.05. The van der Waals surface area contributed by atoms with E-state index in [1.807, 2.05) is 13.0 Å². The first kappa shape index (κ1) is 13.9. The minimum absolute atomic E-state index is 0.0410. The Balaban J connectivity index is 1.79. The topological polar surface area (TPSA) is 25.4 Å².